The number of aromatic nitrogens is 2. The number of anilines is 1. The number of hydrogen-bond donors (Lipinski definition) is 1. The number of rotatable bonds is 5. The molecule has 1 aliphatic heterocycles. The molecule has 0 spiro atoms. The Bertz CT molecular complexity index is 1070. The summed E-state index contributed by atoms with van der Waals surface area (Å²) in [7, 11) is 1.63. The number of aryl methyl sites for hydroxylation is 1. The zero-order chi connectivity index (χ0) is 21.3. The summed E-state index contributed by atoms with van der Waals surface area (Å²) in [6.07, 6.45) is 3.10. The van der Waals surface area contributed by atoms with Gasteiger partial charge in [0.05, 0.1) is 12.7 Å². The van der Waals surface area contributed by atoms with Gasteiger partial charge in [0.1, 0.15) is 11.8 Å². The van der Waals surface area contributed by atoms with Crippen LogP contribution in [0, 0.1) is 13.8 Å². The zero-order valence-corrected chi connectivity index (χ0v) is 18.0. The largest absolute Gasteiger partial charge is 0.497 e. The van der Waals surface area contributed by atoms with Crippen LogP contribution in [0.15, 0.2) is 41.9 Å². The molecule has 1 fully saturated rings. The van der Waals surface area contributed by atoms with Gasteiger partial charge in [-0.1, -0.05) is 6.07 Å². The minimum Gasteiger partial charge on any atom is -0.497 e. The molecule has 1 unspecified atom stereocenters. The number of nitrogens with one attached hydrogen (secondary N) is 1. The number of methoxy groups -OCH3 is 1. The zero-order valence-electron chi connectivity index (χ0n) is 17.2. The molecule has 0 aliphatic carbocycles. The third-order valence-corrected chi connectivity index (χ3v) is 6.14. The van der Waals surface area contributed by atoms with Crippen molar-refractivity contribution < 1.29 is 14.3 Å². The van der Waals surface area contributed by atoms with E-state index in [0.717, 1.165) is 29.2 Å². The van der Waals surface area contributed by atoms with E-state index >= 15 is 0 Å². The Morgan fingerprint density at radius 2 is 2.10 bits per heavy atom. The Morgan fingerprint density at radius 3 is 2.83 bits per heavy atom. The van der Waals surface area contributed by atoms with Crippen LogP contribution in [0.2, 0.25) is 0 Å². The first-order valence-electron chi connectivity index (χ1n) is 9.84. The molecule has 1 aromatic carbocycles. The van der Waals surface area contributed by atoms with Gasteiger partial charge in [0.25, 0.3) is 5.91 Å². The van der Waals surface area contributed by atoms with Crippen molar-refractivity contribution in [3.05, 3.63) is 58.9 Å². The summed E-state index contributed by atoms with van der Waals surface area (Å²) in [5.74, 6) is 0.456. The number of carbonyl (C=O) groups is 2. The molecule has 30 heavy (non-hydrogen) atoms. The lowest BCUT2D eigenvalue weighted by Crippen LogP contribution is -2.43. The van der Waals surface area contributed by atoms with Crippen LogP contribution in [0.4, 0.5) is 5.13 Å². The molecule has 156 valence electrons. The number of hydrogen-bond acceptors (Lipinski definition) is 5. The average molecular weight is 425 g/mol. The molecular formula is C22H24N4O3S. The van der Waals surface area contributed by atoms with Gasteiger partial charge in [0.15, 0.2) is 5.13 Å². The lowest BCUT2D eigenvalue weighted by Gasteiger charge is -2.23. The van der Waals surface area contributed by atoms with Crippen molar-refractivity contribution in [1.82, 2.24) is 14.5 Å². The quantitative estimate of drug-likeness (QED) is 0.676. The number of thiazole rings is 1. The summed E-state index contributed by atoms with van der Waals surface area (Å²) in [5.41, 5.74) is 3.34. The third kappa shape index (κ3) is 3.70. The van der Waals surface area contributed by atoms with Gasteiger partial charge < -0.3 is 19.5 Å². The molecule has 3 aromatic rings. The predicted molar refractivity (Wildman–Crippen MR) is 117 cm³/mol. The highest BCUT2D eigenvalue weighted by molar-refractivity contribution is 7.13. The van der Waals surface area contributed by atoms with E-state index in [4.69, 9.17) is 4.74 Å². The first kappa shape index (κ1) is 20.2. The fourth-order valence-electron chi connectivity index (χ4n) is 4.04. The number of carbonyl (C=O) groups excluding carboxylic acids is 2. The van der Waals surface area contributed by atoms with Crippen LogP contribution >= 0.6 is 11.3 Å². The van der Waals surface area contributed by atoms with E-state index in [0.29, 0.717) is 23.7 Å². The van der Waals surface area contributed by atoms with E-state index in [2.05, 4.69) is 10.3 Å². The number of amides is 2. The minimum absolute atomic E-state index is 0.117. The van der Waals surface area contributed by atoms with Crippen molar-refractivity contribution in [3.63, 3.8) is 0 Å². The van der Waals surface area contributed by atoms with Gasteiger partial charge in [-0.25, -0.2) is 4.98 Å². The Morgan fingerprint density at radius 1 is 1.27 bits per heavy atom. The van der Waals surface area contributed by atoms with Crippen molar-refractivity contribution in [2.24, 2.45) is 0 Å². The first-order chi connectivity index (χ1) is 14.5. The van der Waals surface area contributed by atoms with Gasteiger partial charge in [-0.15, -0.1) is 11.3 Å². The molecule has 1 saturated heterocycles. The van der Waals surface area contributed by atoms with Crippen LogP contribution in [0.1, 0.15) is 34.6 Å². The number of ether oxygens (including phenoxy) is 1. The monoisotopic (exact) mass is 424 g/mol. The van der Waals surface area contributed by atoms with Crippen LogP contribution in [0.25, 0.3) is 5.69 Å². The number of likely N-dealkylation sites (tertiary alicyclic amines) is 1. The Balaban J connectivity index is 1.60. The fourth-order valence-corrected chi connectivity index (χ4v) is 4.57. The highest BCUT2D eigenvalue weighted by Gasteiger charge is 2.36. The van der Waals surface area contributed by atoms with Crippen LogP contribution in [-0.2, 0) is 4.79 Å². The van der Waals surface area contributed by atoms with Crippen molar-refractivity contribution in [2.45, 2.75) is 32.7 Å². The number of benzene rings is 1. The van der Waals surface area contributed by atoms with Gasteiger partial charge in [0, 0.05) is 41.3 Å². The molecule has 2 aromatic heterocycles. The lowest BCUT2D eigenvalue weighted by molar-refractivity contribution is -0.119. The van der Waals surface area contributed by atoms with Crippen molar-refractivity contribution in [2.75, 3.05) is 19.0 Å². The van der Waals surface area contributed by atoms with Crippen molar-refractivity contribution in [1.29, 1.82) is 0 Å². The van der Waals surface area contributed by atoms with E-state index in [1.54, 1.807) is 23.6 Å². The van der Waals surface area contributed by atoms with E-state index in [-0.39, 0.29) is 11.8 Å². The average Bonchev–Trinajstić information content (AvgIpc) is 3.48. The SMILES string of the molecule is COc1cccc(-n2c(C)cc(C(=O)N3CCCC3C(=O)Nc3nccs3)c2C)c1. The van der Waals surface area contributed by atoms with Crippen molar-refractivity contribution >= 4 is 28.3 Å². The molecule has 7 nitrogen and oxygen atoms in total. The first-order valence-corrected chi connectivity index (χ1v) is 10.7. The molecular weight excluding hydrogens is 400 g/mol. The maximum absolute atomic E-state index is 13.4. The summed E-state index contributed by atoms with van der Waals surface area (Å²) >= 11 is 1.36. The van der Waals surface area contributed by atoms with E-state index in [9.17, 15) is 9.59 Å². The molecule has 8 heteroatoms. The van der Waals surface area contributed by atoms with Crippen LogP contribution in [0.3, 0.4) is 0 Å². The smallest absolute Gasteiger partial charge is 0.256 e. The second-order valence-corrected chi connectivity index (χ2v) is 8.20. The number of nitrogens with zero attached hydrogens (tertiary/aromatic N) is 3. The maximum atomic E-state index is 13.4. The minimum atomic E-state index is -0.485. The molecule has 0 bridgehead atoms. The predicted octanol–water partition coefficient (Wildman–Crippen LogP) is 3.80. The molecule has 3 heterocycles. The highest BCUT2D eigenvalue weighted by Crippen LogP contribution is 2.27. The molecule has 0 saturated carbocycles. The summed E-state index contributed by atoms with van der Waals surface area (Å²) < 4.78 is 7.38. The van der Waals surface area contributed by atoms with Gasteiger partial charge in [-0.2, -0.15) is 0 Å². The summed E-state index contributed by atoms with van der Waals surface area (Å²) in [6.45, 7) is 4.47. The van der Waals surface area contributed by atoms with Gasteiger partial charge in [-0.05, 0) is 44.9 Å². The summed E-state index contributed by atoms with van der Waals surface area (Å²) in [6, 6.07) is 9.14. The third-order valence-electron chi connectivity index (χ3n) is 5.45. The van der Waals surface area contributed by atoms with E-state index in [1.807, 2.05) is 48.7 Å². The van der Waals surface area contributed by atoms with Crippen molar-refractivity contribution in [3.8, 4) is 11.4 Å². The summed E-state index contributed by atoms with van der Waals surface area (Å²) in [5, 5.41) is 5.18. The van der Waals surface area contributed by atoms with Crippen LogP contribution < -0.4 is 10.1 Å². The lowest BCUT2D eigenvalue weighted by atomic mass is 10.1. The molecule has 1 N–H and O–H groups in total. The standard InChI is InChI=1S/C22H24N4O3S/c1-14-12-18(15(2)26(14)16-6-4-7-17(13-16)29-3)21(28)25-10-5-8-19(25)20(27)24-22-23-9-11-30-22/h4,6-7,9,11-13,19H,5,8,10H2,1-3H3,(H,23,24,27). The van der Waals surface area contributed by atoms with Crippen LogP contribution in [-0.4, -0.2) is 46.0 Å². The van der Waals surface area contributed by atoms with Gasteiger partial charge in [0.2, 0.25) is 5.91 Å². The maximum Gasteiger partial charge on any atom is 0.256 e. The fraction of sp³-hybridized carbons (Fsp3) is 0.318. The normalized spacial score (nSPS) is 16.0. The second-order valence-electron chi connectivity index (χ2n) is 7.30. The molecule has 2 amide bonds. The Hall–Kier alpha value is -3.13. The molecule has 0 radical (unpaired) electrons. The highest BCUT2D eigenvalue weighted by atomic mass is 32.1. The van der Waals surface area contributed by atoms with E-state index < -0.39 is 6.04 Å². The molecule has 1 aliphatic rings. The van der Waals surface area contributed by atoms with Gasteiger partial charge in [-0.3, -0.25) is 9.59 Å². The second kappa shape index (κ2) is 8.31. The topological polar surface area (TPSA) is 76.5 Å². The Labute approximate surface area is 179 Å². The van der Waals surface area contributed by atoms with Gasteiger partial charge >= 0.3 is 0 Å². The molecule has 4 rings (SSSR count). The molecule has 1 atom stereocenters. The Kier molecular flexibility index (Phi) is 5.59. The van der Waals surface area contributed by atoms with E-state index in [1.165, 1.54) is 11.3 Å². The van der Waals surface area contributed by atoms with Crippen LogP contribution in [0.5, 0.6) is 5.75 Å². The summed E-state index contributed by atoms with van der Waals surface area (Å²) in [4.78, 5) is 31.9.